The van der Waals surface area contributed by atoms with Crippen molar-refractivity contribution < 1.29 is 18.1 Å². The molecular formula is C19H21BrN4O5S. The van der Waals surface area contributed by atoms with Crippen molar-refractivity contribution in [2.24, 2.45) is 0 Å². The van der Waals surface area contributed by atoms with Crippen LogP contribution in [0.15, 0.2) is 51.8 Å². The maximum absolute atomic E-state index is 12.9. The number of piperazine rings is 1. The van der Waals surface area contributed by atoms with Crippen LogP contribution in [0.1, 0.15) is 10.4 Å². The number of benzene rings is 2. The van der Waals surface area contributed by atoms with Gasteiger partial charge in [-0.2, -0.15) is 0 Å². The van der Waals surface area contributed by atoms with Crippen LogP contribution in [0.5, 0.6) is 0 Å². The fourth-order valence-corrected chi connectivity index (χ4v) is 5.03. The van der Waals surface area contributed by atoms with Gasteiger partial charge in [0.05, 0.1) is 9.82 Å². The molecule has 30 heavy (non-hydrogen) atoms. The Hall–Kier alpha value is -2.50. The van der Waals surface area contributed by atoms with Gasteiger partial charge in [-0.15, -0.1) is 0 Å². The Balaban J connectivity index is 1.75. The average molecular weight is 497 g/mol. The summed E-state index contributed by atoms with van der Waals surface area (Å²) in [7, 11) is -0.830. The zero-order chi connectivity index (χ0) is 22.1. The van der Waals surface area contributed by atoms with E-state index in [1.165, 1.54) is 32.3 Å². The van der Waals surface area contributed by atoms with Crippen LogP contribution in [0.4, 0.5) is 11.4 Å². The van der Waals surface area contributed by atoms with Gasteiger partial charge in [0, 0.05) is 68.1 Å². The van der Waals surface area contributed by atoms with Gasteiger partial charge >= 0.3 is 0 Å². The maximum atomic E-state index is 12.9. The van der Waals surface area contributed by atoms with Gasteiger partial charge in [-0.25, -0.2) is 12.7 Å². The van der Waals surface area contributed by atoms with Gasteiger partial charge in [0.1, 0.15) is 0 Å². The van der Waals surface area contributed by atoms with Crippen molar-refractivity contribution >= 4 is 43.2 Å². The van der Waals surface area contributed by atoms with E-state index in [0.717, 1.165) is 9.99 Å². The number of nitro groups is 1. The fourth-order valence-electron chi connectivity index (χ4n) is 3.18. The van der Waals surface area contributed by atoms with Crippen LogP contribution in [0.2, 0.25) is 0 Å². The molecule has 0 radical (unpaired) electrons. The van der Waals surface area contributed by atoms with Crippen LogP contribution >= 0.6 is 15.9 Å². The number of nitro benzene ring substituents is 1. The van der Waals surface area contributed by atoms with E-state index in [2.05, 4.69) is 15.9 Å². The smallest absolute Gasteiger partial charge is 0.271 e. The normalized spacial score (nSPS) is 14.8. The lowest BCUT2D eigenvalue weighted by atomic mass is 10.1. The molecule has 3 rings (SSSR count). The van der Waals surface area contributed by atoms with Crippen molar-refractivity contribution in [3.63, 3.8) is 0 Å². The molecular weight excluding hydrogens is 476 g/mol. The molecule has 11 heteroatoms. The molecule has 9 nitrogen and oxygen atoms in total. The first-order valence-electron chi connectivity index (χ1n) is 9.12. The van der Waals surface area contributed by atoms with Crippen LogP contribution in [0.3, 0.4) is 0 Å². The first kappa shape index (κ1) is 22.2. The zero-order valence-electron chi connectivity index (χ0n) is 16.5. The molecule has 0 bridgehead atoms. The first-order chi connectivity index (χ1) is 14.1. The Kier molecular flexibility index (Phi) is 6.44. The highest BCUT2D eigenvalue weighted by Gasteiger charge is 2.26. The molecule has 0 atom stereocenters. The number of rotatable bonds is 5. The average Bonchev–Trinajstić information content (AvgIpc) is 2.73. The second-order valence-corrected chi connectivity index (χ2v) is 9.96. The minimum Gasteiger partial charge on any atom is -0.368 e. The third kappa shape index (κ3) is 4.47. The van der Waals surface area contributed by atoms with Crippen LogP contribution < -0.4 is 4.90 Å². The summed E-state index contributed by atoms with van der Waals surface area (Å²) < 4.78 is 26.5. The summed E-state index contributed by atoms with van der Waals surface area (Å²) in [5.74, 6) is -0.253. The van der Waals surface area contributed by atoms with Crippen LogP contribution in [-0.2, 0) is 10.0 Å². The third-order valence-electron chi connectivity index (χ3n) is 4.91. The number of anilines is 1. The number of carbonyl (C=O) groups excluding carboxylic acids is 1. The van der Waals surface area contributed by atoms with Crippen molar-refractivity contribution in [3.05, 3.63) is 62.6 Å². The monoisotopic (exact) mass is 496 g/mol. The standard InChI is InChI=1S/C19H21BrN4O5S/c1-21(2)30(28,29)18-12-14(6-7-17(18)20)19(25)23-10-8-22(9-11-23)15-4-3-5-16(13-15)24(26)27/h3-7,12-13H,8-11H2,1-2H3. The van der Waals surface area contributed by atoms with Gasteiger partial charge in [0.15, 0.2) is 0 Å². The van der Waals surface area contributed by atoms with E-state index in [1.54, 1.807) is 29.2 Å². The summed E-state index contributed by atoms with van der Waals surface area (Å²) >= 11 is 3.24. The van der Waals surface area contributed by atoms with E-state index in [4.69, 9.17) is 0 Å². The van der Waals surface area contributed by atoms with E-state index >= 15 is 0 Å². The second kappa shape index (κ2) is 8.70. The highest BCUT2D eigenvalue weighted by atomic mass is 79.9. The molecule has 0 N–H and O–H groups in total. The number of amides is 1. The van der Waals surface area contributed by atoms with E-state index in [1.807, 2.05) is 4.90 Å². The lowest BCUT2D eigenvalue weighted by Crippen LogP contribution is -2.48. The number of halogens is 1. The van der Waals surface area contributed by atoms with Crippen molar-refractivity contribution in [2.45, 2.75) is 4.90 Å². The summed E-state index contributed by atoms with van der Waals surface area (Å²) in [5, 5.41) is 11.0. The van der Waals surface area contributed by atoms with Crippen molar-refractivity contribution in [1.29, 1.82) is 0 Å². The molecule has 1 aliphatic rings. The van der Waals surface area contributed by atoms with Crippen molar-refractivity contribution in [3.8, 4) is 0 Å². The van der Waals surface area contributed by atoms with Crippen LogP contribution in [0, 0.1) is 10.1 Å². The molecule has 160 valence electrons. The SMILES string of the molecule is CN(C)S(=O)(=O)c1cc(C(=O)N2CCN(c3cccc([N+](=O)[O-])c3)CC2)ccc1Br. The summed E-state index contributed by atoms with van der Waals surface area (Å²) in [5.41, 5.74) is 1.05. The Morgan fingerprint density at radius 3 is 2.37 bits per heavy atom. The highest BCUT2D eigenvalue weighted by Crippen LogP contribution is 2.27. The third-order valence-corrected chi connectivity index (χ3v) is 7.72. The molecule has 1 saturated heterocycles. The zero-order valence-corrected chi connectivity index (χ0v) is 18.9. The predicted octanol–water partition coefficient (Wildman–Crippen LogP) is 2.57. The number of hydrogen-bond donors (Lipinski definition) is 0. The number of hydrogen-bond acceptors (Lipinski definition) is 6. The summed E-state index contributed by atoms with van der Waals surface area (Å²) in [6.07, 6.45) is 0. The van der Waals surface area contributed by atoms with Crippen molar-refractivity contribution in [1.82, 2.24) is 9.21 Å². The summed E-state index contributed by atoms with van der Waals surface area (Å²) in [4.78, 5) is 27.2. The second-order valence-electron chi connectivity index (χ2n) is 6.99. The van der Waals surface area contributed by atoms with E-state index < -0.39 is 14.9 Å². The molecule has 0 spiro atoms. The van der Waals surface area contributed by atoms with E-state index in [0.29, 0.717) is 36.2 Å². The van der Waals surface area contributed by atoms with E-state index in [9.17, 15) is 23.3 Å². The molecule has 0 aromatic heterocycles. The lowest BCUT2D eigenvalue weighted by molar-refractivity contribution is -0.384. The number of sulfonamides is 1. The molecule has 2 aromatic carbocycles. The maximum Gasteiger partial charge on any atom is 0.271 e. The Bertz CT molecular complexity index is 1080. The lowest BCUT2D eigenvalue weighted by Gasteiger charge is -2.36. The summed E-state index contributed by atoms with van der Waals surface area (Å²) in [6, 6.07) is 10.9. The number of carbonyl (C=O) groups is 1. The Morgan fingerprint density at radius 1 is 1.10 bits per heavy atom. The molecule has 1 amide bonds. The molecule has 0 aliphatic carbocycles. The molecule has 1 fully saturated rings. The first-order valence-corrected chi connectivity index (χ1v) is 11.4. The molecule has 1 heterocycles. The topological polar surface area (TPSA) is 104 Å². The summed E-state index contributed by atoms with van der Waals surface area (Å²) in [6.45, 7) is 1.89. The number of nitrogens with zero attached hydrogens (tertiary/aromatic N) is 4. The van der Waals surface area contributed by atoms with Gasteiger partial charge in [-0.05, 0) is 40.2 Å². The molecule has 0 unspecified atom stereocenters. The minimum atomic E-state index is -3.70. The van der Waals surface area contributed by atoms with Gasteiger partial charge < -0.3 is 9.80 Å². The van der Waals surface area contributed by atoms with Gasteiger partial charge in [0.25, 0.3) is 11.6 Å². The Labute approximate surface area is 183 Å². The fraction of sp³-hybridized carbons (Fsp3) is 0.316. The van der Waals surface area contributed by atoms with Gasteiger partial charge in [-0.3, -0.25) is 14.9 Å². The molecule has 1 aliphatic heterocycles. The van der Waals surface area contributed by atoms with Gasteiger partial charge in [0.2, 0.25) is 10.0 Å². The van der Waals surface area contributed by atoms with E-state index in [-0.39, 0.29) is 16.5 Å². The predicted molar refractivity (Wildman–Crippen MR) is 116 cm³/mol. The number of non-ortho nitro benzene ring substituents is 1. The Morgan fingerprint density at radius 2 is 1.77 bits per heavy atom. The van der Waals surface area contributed by atoms with Gasteiger partial charge in [-0.1, -0.05) is 6.07 Å². The molecule has 2 aromatic rings. The van der Waals surface area contributed by atoms with Crippen molar-refractivity contribution in [2.75, 3.05) is 45.2 Å². The molecule has 0 saturated carbocycles. The minimum absolute atomic E-state index is 0.0236. The largest absolute Gasteiger partial charge is 0.368 e. The quantitative estimate of drug-likeness (QED) is 0.465. The van der Waals surface area contributed by atoms with Crippen LogP contribution in [-0.4, -0.2) is 68.7 Å². The highest BCUT2D eigenvalue weighted by molar-refractivity contribution is 9.10. The van der Waals surface area contributed by atoms with Crippen LogP contribution in [0.25, 0.3) is 0 Å².